The van der Waals surface area contributed by atoms with E-state index in [4.69, 9.17) is 5.11 Å². The van der Waals surface area contributed by atoms with Crippen LogP contribution in [-0.2, 0) is 6.42 Å². The SMILES string of the molecule is O=C(O)c1cnn2c1CC1CC12. The van der Waals surface area contributed by atoms with Crippen molar-refractivity contribution < 1.29 is 9.90 Å². The Bertz CT molecular complexity index is 369. The first-order chi connectivity index (χ1) is 5.77. The van der Waals surface area contributed by atoms with Gasteiger partial charge in [-0.3, -0.25) is 4.68 Å². The first-order valence-electron chi connectivity index (χ1n) is 4.07. The maximum absolute atomic E-state index is 10.7. The zero-order chi connectivity index (χ0) is 8.29. The Morgan fingerprint density at radius 3 is 3.33 bits per heavy atom. The molecule has 2 aliphatic rings. The van der Waals surface area contributed by atoms with E-state index in [1.54, 1.807) is 0 Å². The molecule has 2 heterocycles. The van der Waals surface area contributed by atoms with Gasteiger partial charge in [-0.15, -0.1) is 0 Å². The molecule has 2 unspecified atom stereocenters. The molecule has 12 heavy (non-hydrogen) atoms. The highest BCUT2D eigenvalue weighted by Gasteiger charge is 2.47. The minimum atomic E-state index is -0.849. The van der Waals surface area contributed by atoms with E-state index in [1.165, 1.54) is 12.6 Å². The second-order valence-electron chi connectivity index (χ2n) is 3.52. The lowest BCUT2D eigenvalue weighted by Crippen LogP contribution is -2.02. The van der Waals surface area contributed by atoms with Gasteiger partial charge in [0.2, 0.25) is 0 Å². The first kappa shape index (κ1) is 6.22. The minimum Gasteiger partial charge on any atom is -0.478 e. The summed E-state index contributed by atoms with van der Waals surface area (Å²) in [5, 5.41) is 12.9. The molecule has 4 nitrogen and oxygen atoms in total. The van der Waals surface area contributed by atoms with Gasteiger partial charge in [0.05, 0.1) is 17.9 Å². The van der Waals surface area contributed by atoms with E-state index in [1.807, 2.05) is 4.68 Å². The molecule has 0 radical (unpaired) electrons. The second kappa shape index (κ2) is 1.71. The monoisotopic (exact) mass is 164 g/mol. The summed E-state index contributed by atoms with van der Waals surface area (Å²) in [5.41, 5.74) is 1.31. The first-order valence-corrected chi connectivity index (χ1v) is 4.07. The average Bonchev–Trinajstić information content (AvgIpc) is 2.54. The highest BCUT2D eigenvalue weighted by Crippen LogP contribution is 2.51. The van der Waals surface area contributed by atoms with Gasteiger partial charge in [0.15, 0.2) is 0 Å². The van der Waals surface area contributed by atoms with E-state index in [9.17, 15) is 4.79 Å². The van der Waals surface area contributed by atoms with E-state index < -0.39 is 5.97 Å². The van der Waals surface area contributed by atoms with Crippen LogP contribution < -0.4 is 0 Å². The topological polar surface area (TPSA) is 55.1 Å². The van der Waals surface area contributed by atoms with Crippen molar-refractivity contribution in [3.63, 3.8) is 0 Å². The van der Waals surface area contributed by atoms with Crippen LogP contribution in [0.3, 0.4) is 0 Å². The smallest absolute Gasteiger partial charge is 0.339 e. The van der Waals surface area contributed by atoms with Crippen LogP contribution in [0, 0.1) is 5.92 Å². The van der Waals surface area contributed by atoms with Crippen molar-refractivity contribution in [3.8, 4) is 0 Å². The Hall–Kier alpha value is -1.32. The number of hydrogen-bond donors (Lipinski definition) is 1. The summed E-state index contributed by atoms with van der Waals surface area (Å²) < 4.78 is 1.88. The average molecular weight is 164 g/mol. The van der Waals surface area contributed by atoms with Gasteiger partial charge < -0.3 is 5.11 Å². The molecule has 0 amide bonds. The molecular weight excluding hydrogens is 156 g/mol. The Balaban J connectivity index is 2.14. The van der Waals surface area contributed by atoms with Gasteiger partial charge in [0.1, 0.15) is 5.56 Å². The van der Waals surface area contributed by atoms with Crippen molar-refractivity contribution in [1.29, 1.82) is 0 Å². The Morgan fingerprint density at radius 1 is 1.75 bits per heavy atom. The van der Waals surface area contributed by atoms with E-state index in [0.29, 0.717) is 17.5 Å². The molecule has 1 aliphatic heterocycles. The molecule has 0 bridgehead atoms. The maximum atomic E-state index is 10.7. The Morgan fingerprint density at radius 2 is 2.58 bits per heavy atom. The zero-order valence-corrected chi connectivity index (χ0v) is 6.40. The number of aromatic nitrogens is 2. The van der Waals surface area contributed by atoms with Gasteiger partial charge in [0.25, 0.3) is 0 Å². The third-order valence-electron chi connectivity index (χ3n) is 2.78. The quantitative estimate of drug-likeness (QED) is 0.664. The lowest BCUT2D eigenvalue weighted by Gasteiger charge is -1.97. The summed E-state index contributed by atoms with van der Waals surface area (Å²) in [6.45, 7) is 0. The molecule has 0 aromatic carbocycles. The van der Waals surface area contributed by atoms with Crippen LogP contribution in [0.15, 0.2) is 6.20 Å². The highest BCUT2D eigenvalue weighted by molar-refractivity contribution is 5.88. The molecule has 1 aliphatic carbocycles. The predicted octanol–water partition coefficient (Wildman–Crippen LogP) is 0.698. The fourth-order valence-electron chi connectivity index (χ4n) is 2.05. The molecule has 2 atom stereocenters. The molecule has 0 saturated heterocycles. The summed E-state index contributed by atoms with van der Waals surface area (Å²) in [4.78, 5) is 10.7. The molecule has 3 rings (SSSR count). The molecule has 1 aromatic heterocycles. The molecule has 1 saturated carbocycles. The van der Waals surface area contributed by atoms with Crippen LogP contribution >= 0.6 is 0 Å². The van der Waals surface area contributed by atoms with Crippen molar-refractivity contribution in [3.05, 3.63) is 17.5 Å². The van der Waals surface area contributed by atoms with E-state index in [2.05, 4.69) is 5.10 Å². The summed E-state index contributed by atoms with van der Waals surface area (Å²) in [5.74, 6) is -0.163. The number of aromatic carboxylic acids is 1. The van der Waals surface area contributed by atoms with Gasteiger partial charge in [-0.1, -0.05) is 0 Å². The summed E-state index contributed by atoms with van der Waals surface area (Å²) in [7, 11) is 0. The maximum Gasteiger partial charge on any atom is 0.339 e. The van der Waals surface area contributed by atoms with Crippen molar-refractivity contribution >= 4 is 5.97 Å². The van der Waals surface area contributed by atoms with Crippen LogP contribution in [0.25, 0.3) is 0 Å². The Kier molecular flexibility index (Phi) is 0.885. The molecule has 62 valence electrons. The van der Waals surface area contributed by atoms with Crippen molar-refractivity contribution in [2.24, 2.45) is 5.92 Å². The van der Waals surface area contributed by atoms with Crippen molar-refractivity contribution in [2.75, 3.05) is 0 Å². The van der Waals surface area contributed by atoms with Crippen LogP contribution in [0.5, 0.6) is 0 Å². The third-order valence-corrected chi connectivity index (χ3v) is 2.78. The number of hydrogen-bond acceptors (Lipinski definition) is 2. The van der Waals surface area contributed by atoms with Crippen LogP contribution in [0.2, 0.25) is 0 Å². The fourth-order valence-corrected chi connectivity index (χ4v) is 2.05. The van der Waals surface area contributed by atoms with Gasteiger partial charge in [-0.2, -0.15) is 5.10 Å². The number of rotatable bonds is 1. The lowest BCUT2D eigenvalue weighted by molar-refractivity contribution is 0.0695. The largest absolute Gasteiger partial charge is 0.478 e. The molecule has 1 fully saturated rings. The van der Waals surface area contributed by atoms with Gasteiger partial charge in [-0.05, 0) is 18.8 Å². The zero-order valence-electron chi connectivity index (χ0n) is 6.40. The predicted molar refractivity (Wildman–Crippen MR) is 40.0 cm³/mol. The second-order valence-corrected chi connectivity index (χ2v) is 3.52. The number of carboxylic acids is 1. The molecule has 0 spiro atoms. The van der Waals surface area contributed by atoms with E-state index >= 15 is 0 Å². The van der Waals surface area contributed by atoms with Crippen molar-refractivity contribution in [2.45, 2.75) is 18.9 Å². The van der Waals surface area contributed by atoms with E-state index in [0.717, 1.165) is 12.1 Å². The summed E-state index contributed by atoms with van der Waals surface area (Å²) in [6.07, 6.45) is 3.56. The fraction of sp³-hybridized carbons (Fsp3) is 0.500. The van der Waals surface area contributed by atoms with Crippen molar-refractivity contribution in [1.82, 2.24) is 9.78 Å². The number of carbonyl (C=O) groups is 1. The number of carboxylic acid groups (broad SMARTS) is 1. The lowest BCUT2D eigenvalue weighted by atomic mass is 10.2. The van der Waals surface area contributed by atoms with Crippen LogP contribution in [0.1, 0.15) is 28.5 Å². The highest BCUT2D eigenvalue weighted by atomic mass is 16.4. The molecule has 1 aromatic rings. The van der Waals surface area contributed by atoms with Gasteiger partial charge >= 0.3 is 5.97 Å². The summed E-state index contributed by atoms with van der Waals surface area (Å²) in [6, 6.07) is 0.521. The molecule has 4 heteroatoms. The number of fused-ring (bicyclic) bond motifs is 3. The summed E-state index contributed by atoms with van der Waals surface area (Å²) >= 11 is 0. The normalized spacial score (nSPS) is 29.7. The van der Waals surface area contributed by atoms with Gasteiger partial charge in [-0.25, -0.2) is 4.79 Å². The van der Waals surface area contributed by atoms with E-state index in [-0.39, 0.29) is 0 Å². The molecular formula is C8H8N2O2. The standard InChI is InChI=1S/C8H8N2O2/c11-8(12)5-3-9-10-6-1-4(6)2-7(5)10/h3-4,6H,1-2H2,(H,11,12). The number of nitrogens with zero attached hydrogens (tertiary/aromatic N) is 2. The minimum absolute atomic E-state index is 0.391. The molecule has 1 N–H and O–H groups in total. The van der Waals surface area contributed by atoms with Crippen LogP contribution in [-0.4, -0.2) is 20.9 Å². The van der Waals surface area contributed by atoms with Gasteiger partial charge in [0, 0.05) is 0 Å². The van der Waals surface area contributed by atoms with Crippen LogP contribution in [0.4, 0.5) is 0 Å². The Labute approximate surface area is 68.8 Å². The third kappa shape index (κ3) is 0.581.